The molecular weight excluding hydrogens is 238 g/mol. The van der Waals surface area contributed by atoms with Crippen molar-refractivity contribution < 1.29 is 4.79 Å². The van der Waals surface area contributed by atoms with E-state index < -0.39 is 0 Å². The number of carbonyl (C=O) groups is 1. The van der Waals surface area contributed by atoms with Gasteiger partial charge in [0.1, 0.15) is 0 Å². The minimum atomic E-state index is 0.0919. The Morgan fingerprint density at radius 3 is 3.06 bits per heavy atom. The van der Waals surface area contributed by atoms with Crippen molar-refractivity contribution in [2.24, 2.45) is 0 Å². The first-order chi connectivity index (χ1) is 7.72. The second-order valence-corrected chi connectivity index (χ2v) is 6.95. The van der Waals surface area contributed by atoms with E-state index in [2.05, 4.69) is 11.9 Å². The molecule has 0 saturated carbocycles. The van der Waals surface area contributed by atoms with Crippen molar-refractivity contribution in [1.82, 2.24) is 5.32 Å². The number of nitrogens with one attached hydrogen (secondary N) is 1. The molecule has 0 aromatic heterocycles. The smallest absolute Gasteiger partial charge is 0.220 e. The van der Waals surface area contributed by atoms with Gasteiger partial charge in [-0.05, 0) is 26.2 Å². The van der Waals surface area contributed by atoms with Gasteiger partial charge in [-0.1, -0.05) is 34.1 Å². The summed E-state index contributed by atoms with van der Waals surface area (Å²) >= 11 is 0. The number of rotatable bonds is 7. The molecule has 4 heteroatoms. The maximum atomic E-state index is 11.4. The van der Waals surface area contributed by atoms with Gasteiger partial charge >= 0.3 is 0 Å². The molecule has 1 rings (SSSR count). The lowest BCUT2D eigenvalue weighted by Gasteiger charge is -2.09. The van der Waals surface area contributed by atoms with Gasteiger partial charge in [0.25, 0.3) is 0 Å². The van der Waals surface area contributed by atoms with Crippen molar-refractivity contribution in [1.29, 1.82) is 0 Å². The van der Waals surface area contributed by atoms with E-state index in [0.717, 1.165) is 11.7 Å². The lowest BCUT2D eigenvalue weighted by molar-refractivity contribution is -0.121. The first-order valence-corrected chi connectivity index (χ1v) is 8.30. The van der Waals surface area contributed by atoms with Crippen LogP contribution in [0, 0.1) is 0 Å². The Morgan fingerprint density at radius 1 is 1.62 bits per heavy atom. The highest BCUT2D eigenvalue weighted by atomic mass is 33.1. The Labute approximate surface area is 106 Å². The SMILES string of the molecule is C=CC(C)NC(=O)CCCCC1CCSS1. The Hall–Kier alpha value is -0.0900. The molecule has 0 bridgehead atoms. The van der Waals surface area contributed by atoms with Gasteiger partial charge in [0.05, 0.1) is 0 Å². The van der Waals surface area contributed by atoms with Crippen molar-refractivity contribution in [3.05, 3.63) is 12.7 Å². The number of amides is 1. The molecule has 2 unspecified atom stereocenters. The van der Waals surface area contributed by atoms with Crippen LogP contribution in [0.2, 0.25) is 0 Å². The first kappa shape index (κ1) is 14.0. The van der Waals surface area contributed by atoms with Crippen molar-refractivity contribution in [3.8, 4) is 0 Å². The normalized spacial score (nSPS) is 21.7. The number of unbranched alkanes of at least 4 members (excludes halogenated alkanes) is 1. The monoisotopic (exact) mass is 259 g/mol. The van der Waals surface area contributed by atoms with Crippen LogP contribution in [0.5, 0.6) is 0 Å². The van der Waals surface area contributed by atoms with E-state index in [1.165, 1.54) is 25.0 Å². The van der Waals surface area contributed by atoms with E-state index in [1.54, 1.807) is 6.08 Å². The summed E-state index contributed by atoms with van der Waals surface area (Å²) in [6.07, 6.45) is 7.20. The van der Waals surface area contributed by atoms with Gasteiger partial charge in [-0.25, -0.2) is 0 Å². The zero-order valence-electron chi connectivity index (χ0n) is 9.91. The average Bonchev–Trinajstić information content (AvgIpc) is 2.77. The fourth-order valence-electron chi connectivity index (χ4n) is 1.61. The molecule has 0 aliphatic carbocycles. The topological polar surface area (TPSA) is 29.1 Å². The fraction of sp³-hybridized carbons (Fsp3) is 0.750. The second-order valence-electron chi connectivity index (χ2n) is 4.17. The molecule has 16 heavy (non-hydrogen) atoms. The standard InChI is InChI=1S/C12H21NOS2/c1-3-10(2)13-12(14)7-5-4-6-11-8-9-15-16-11/h3,10-11H,1,4-9H2,2H3,(H,13,14). The van der Waals surface area contributed by atoms with Gasteiger partial charge in [0, 0.05) is 23.5 Å². The maximum Gasteiger partial charge on any atom is 0.220 e. The van der Waals surface area contributed by atoms with E-state index in [1.807, 2.05) is 28.5 Å². The summed E-state index contributed by atoms with van der Waals surface area (Å²) < 4.78 is 0. The van der Waals surface area contributed by atoms with Crippen LogP contribution in [0.3, 0.4) is 0 Å². The summed E-state index contributed by atoms with van der Waals surface area (Å²) in [6.45, 7) is 5.58. The fourth-order valence-corrected chi connectivity index (χ4v) is 4.63. The van der Waals surface area contributed by atoms with Gasteiger partial charge in [0.15, 0.2) is 0 Å². The average molecular weight is 259 g/mol. The lowest BCUT2D eigenvalue weighted by atomic mass is 10.1. The van der Waals surface area contributed by atoms with Gasteiger partial charge < -0.3 is 5.32 Å². The third-order valence-electron chi connectivity index (χ3n) is 2.65. The van der Waals surface area contributed by atoms with E-state index >= 15 is 0 Å². The van der Waals surface area contributed by atoms with Gasteiger partial charge in [0.2, 0.25) is 5.91 Å². The number of carbonyl (C=O) groups excluding carboxylic acids is 1. The predicted octanol–water partition coefficient (Wildman–Crippen LogP) is 3.39. The van der Waals surface area contributed by atoms with Crippen LogP contribution in [0.15, 0.2) is 12.7 Å². The summed E-state index contributed by atoms with van der Waals surface area (Å²) in [4.78, 5) is 11.4. The van der Waals surface area contributed by atoms with Crippen LogP contribution in [0.4, 0.5) is 0 Å². The second kappa shape index (κ2) is 8.07. The summed E-state index contributed by atoms with van der Waals surface area (Å²) in [5.41, 5.74) is 0. The Morgan fingerprint density at radius 2 is 2.44 bits per heavy atom. The first-order valence-electron chi connectivity index (χ1n) is 5.92. The maximum absolute atomic E-state index is 11.4. The van der Waals surface area contributed by atoms with E-state index in [4.69, 9.17) is 0 Å². The molecule has 2 atom stereocenters. The summed E-state index contributed by atoms with van der Waals surface area (Å²) in [5, 5.41) is 3.73. The minimum absolute atomic E-state index is 0.0919. The highest BCUT2D eigenvalue weighted by Crippen LogP contribution is 2.39. The third-order valence-corrected chi connectivity index (χ3v) is 5.66. The molecule has 1 aliphatic rings. The molecule has 0 aromatic carbocycles. The molecule has 2 nitrogen and oxygen atoms in total. The summed E-state index contributed by atoms with van der Waals surface area (Å²) in [5.74, 6) is 1.45. The molecule has 1 N–H and O–H groups in total. The minimum Gasteiger partial charge on any atom is -0.350 e. The van der Waals surface area contributed by atoms with Crippen LogP contribution in [-0.2, 0) is 4.79 Å². The zero-order valence-corrected chi connectivity index (χ0v) is 11.5. The molecular formula is C12H21NOS2. The molecule has 1 amide bonds. The van der Waals surface area contributed by atoms with E-state index in [9.17, 15) is 4.79 Å². The molecule has 0 spiro atoms. The molecule has 1 fully saturated rings. The quantitative estimate of drug-likeness (QED) is 0.432. The lowest BCUT2D eigenvalue weighted by Crippen LogP contribution is -2.30. The number of hydrogen-bond donors (Lipinski definition) is 1. The van der Waals surface area contributed by atoms with Gasteiger partial charge in [-0.15, -0.1) is 6.58 Å². The Balaban J connectivity index is 1.97. The molecule has 1 aliphatic heterocycles. The highest BCUT2D eigenvalue weighted by molar-refractivity contribution is 8.77. The van der Waals surface area contributed by atoms with Crippen LogP contribution in [0.25, 0.3) is 0 Å². The van der Waals surface area contributed by atoms with Crippen LogP contribution >= 0.6 is 21.6 Å². The zero-order chi connectivity index (χ0) is 11.8. The summed E-state index contributed by atoms with van der Waals surface area (Å²) in [7, 11) is 4.00. The van der Waals surface area contributed by atoms with E-state index in [-0.39, 0.29) is 11.9 Å². The largest absolute Gasteiger partial charge is 0.350 e. The number of hydrogen-bond acceptors (Lipinski definition) is 3. The highest BCUT2D eigenvalue weighted by Gasteiger charge is 2.15. The molecule has 0 radical (unpaired) electrons. The Bertz CT molecular complexity index is 227. The van der Waals surface area contributed by atoms with Gasteiger partial charge in [-0.2, -0.15) is 0 Å². The Kier molecular flexibility index (Phi) is 7.05. The van der Waals surface area contributed by atoms with Crippen LogP contribution < -0.4 is 5.32 Å². The molecule has 0 aromatic rings. The van der Waals surface area contributed by atoms with Crippen molar-refractivity contribution in [2.75, 3.05) is 5.75 Å². The van der Waals surface area contributed by atoms with Crippen LogP contribution in [0.1, 0.15) is 39.0 Å². The van der Waals surface area contributed by atoms with Crippen molar-refractivity contribution in [2.45, 2.75) is 50.3 Å². The molecule has 1 heterocycles. The third kappa shape index (κ3) is 5.85. The predicted molar refractivity (Wildman–Crippen MR) is 74.7 cm³/mol. The van der Waals surface area contributed by atoms with Crippen molar-refractivity contribution >= 4 is 27.5 Å². The van der Waals surface area contributed by atoms with Crippen molar-refractivity contribution in [3.63, 3.8) is 0 Å². The van der Waals surface area contributed by atoms with Gasteiger partial charge in [-0.3, -0.25) is 4.79 Å². The molecule has 92 valence electrons. The summed E-state index contributed by atoms with van der Waals surface area (Å²) in [6, 6.07) is 0.0919. The molecule has 1 saturated heterocycles. The van der Waals surface area contributed by atoms with E-state index in [0.29, 0.717) is 6.42 Å². The van der Waals surface area contributed by atoms with Crippen LogP contribution in [-0.4, -0.2) is 23.0 Å².